The zero-order chi connectivity index (χ0) is 19.8. The SMILES string of the molecule is CCCC(C=O)N(C(=O)c1cccc(OCC2CCNCC2)c1C)C(C)O. The van der Waals surface area contributed by atoms with Crippen LogP contribution >= 0.6 is 0 Å². The highest BCUT2D eigenvalue weighted by atomic mass is 16.5. The summed E-state index contributed by atoms with van der Waals surface area (Å²) < 4.78 is 6.01. The lowest BCUT2D eigenvalue weighted by Crippen LogP contribution is -2.47. The Labute approximate surface area is 161 Å². The van der Waals surface area contributed by atoms with Crippen LogP contribution in [0, 0.1) is 12.8 Å². The van der Waals surface area contributed by atoms with Crippen molar-refractivity contribution in [2.45, 2.75) is 58.7 Å². The van der Waals surface area contributed by atoms with Gasteiger partial charge in [-0.15, -0.1) is 0 Å². The highest BCUT2D eigenvalue weighted by molar-refractivity contribution is 5.97. The predicted molar refractivity (Wildman–Crippen MR) is 105 cm³/mol. The van der Waals surface area contributed by atoms with E-state index >= 15 is 0 Å². The van der Waals surface area contributed by atoms with Crippen LogP contribution in [-0.2, 0) is 4.79 Å². The van der Waals surface area contributed by atoms with Gasteiger partial charge in [-0.05, 0) is 64.3 Å². The van der Waals surface area contributed by atoms with Gasteiger partial charge in [0.05, 0.1) is 12.6 Å². The molecule has 0 spiro atoms. The molecule has 2 atom stereocenters. The molecule has 6 nitrogen and oxygen atoms in total. The van der Waals surface area contributed by atoms with Crippen molar-refractivity contribution in [2.24, 2.45) is 5.92 Å². The van der Waals surface area contributed by atoms with Crippen molar-refractivity contribution in [1.29, 1.82) is 0 Å². The molecule has 2 rings (SSSR count). The van der Waals surface area contributed by atoms with Crippen LogP contribution in [0.4, 0.5) is 0 Å². The van der Waals surface area contributed by atoms with E-state index in [0.717, 1.165) is 44.2 Å². The van der Waals surface area contributed by atoms with Crippen LogP contribution in [0.5, 0.6) is 5.75 Å². The molecule has 6 heteroatoms. The largest absolute Gasteiger partial charge is 0.493 e. The summed E-state index contributed by atoms with van der Waals surface area (Å²) in [4.78, 5) is 25.8. The summed E-state index contributed by atoms with van der Waals surface area (Å²) in [5.41, 5.74) is 1.20. The summed E-state index contributed by atoms with van der Waals surface area (Å²) in [6.07, 6.45) is 3.14. The van der Waals surface area contributed by atoms with Gasteiger partial charge in [0.2, 0.25) is 0 Å². The van der Waals surface area contributed by atoms with E-state index in [1.807, 2.05) is 19.9 Å². The van der Waals surface area contributed by atoms with Crippen LogP contribution in [0.3, 0.4) is 0 Å². The van der Waals surface area contributed by atoms with Crippen molar-refractivity contribution in [2.75, 3.05) is 19.7 Å². The van der Waals surface area contributed by atoms with Crippen LogP contribution in [0.15, 0.2) is 18.2 Å². The van der Waals surface area contributed by atoms with Crippen molar-refractivity contribution in [1.82, 2.24) is 10.2 Å². The van der Waals surface area contributed by atoms with Gasteiger partial charge in [0, 0.05) is 11.1 Å². The molecule has 1 aliphatic heterocycles. The molecule has 0 aliphatic carbocycles. The summed E-state index contributed by atoms with van der Waals surface area (Å²) in [5, 5.41) is 13.5. The third-order valence-electron chi connectivity index (χ3n) is 5.18. The Morgan fingerprint density at radius 3 is 2.70 bits per heavy atom. The van der Waals surface area contributed by atoms with Crippen molar-refractivity contribution < 1.29 is 19.4 Å². The van der Waals surface area contributed by atoms with Gasteiger partial charge in [-0.1, -0.05) is 19.4 Å². The normalized spacial score (nSPS) is 17.2. The number of hydrogen-bond donors (Lipinski definition) is 2. The second kappa shape index (κ2) is 10.4. The molecule has 1 fully saturated rings. The number of benzene rings is 1. The minimum atomic E-state index is -1.04. The van der Waals surface area contributed by atoms with Crippen LogP contribution in [0.25, 0.3) is 0 Å². The fourth-order valence-electron chi connectivity index (χ4n) is 3.56. The van der Waals surface area contributed by atoms with E-state index in [0.29, 0.717) is 30.3 Å². The average Bonchev–Trinajstić information content (AvgIpc) is 2.67. The van der Waals surface area contributed by atoms with E-state index in [-0.39, 0.29) is 5.91 Å². The lowest BCUT2D eigenvalue weighted by molar-refractivity contribution is -0.115. The van der Waals surface area contributed by atoms with Crippen LogP contribution in [-0.4, -0.2) is 54.2 Å². The number of carbonyl (C=O) groups excluding carboxylic acids is 2. The molecular weight excluding hydrogens is 344 g/mol. The molecule has 1 aliphatic rings. The average molecular weight is 376 g/mol. The predicted octanol–water partition coefficient (Wildman–Crippen LogP) is 2.52. The monoisotopic (exact) mass is 376 g/mol. The highest BCUT2D eigenvalue weighted by Crippen LogP contribution is 2.25. The summed E-state index contributed by atoms with van der Waals surface area (Å²) in [6, 6.07) is 4.73. The molecular formula is C21H32N2O4. The topological polar surface area (TPSA) is 78.9 Å². The van der Waals surface area contributed by atoms with Gasteiger partial charge < -0.3 is 24.9 Å². The maximum absolute atomic E-state index is 13.1. The minimum absolute atomic E-state index is 0.347. The molecule has 0 bridgehead atoms. The van der Waals surface area contributed by atoms with Crippen molar-refractivity contribution in [3.63, 3.8) is 0 Å². The number of aliphatic hydroxyl groups is 1. The number of nitrogens with zero attached hydrogens (tertiary/aromatic N) is 1. The van der Waals surface area contributed by atoms with Crippen LogP contribution < -0.4 is 10.1 Å². The number of hydrogen-bond acceptors (Lipinski definition) is 5. The molecule has 0 saturated carbocycles. The maximum atomic E-state index is 13.1. The standard InChI is InChI=1S/C21H32N2O4/c1-4-6-18(13-24)23(16(3)25)21(26)19-7-5-8-20(15(19)2)27-14-17-9-11-22-12-10-17/h5,7-8,13,16-18,22,25H,4,6,9-12,14H2,1-3H3. The maximum Gasteiger partial charge on any atom is 0.256 e. The van der Waals surface area contributed by atoms with Crippen molar-refractivity contribution >= 4 is 12.2 Å². The molecule has 1 saturated heterocycles. The Morgan fingerprint density at radius 1 is 1.41 bits per heavy atom. The van der Waals surface area contributed by atoms with Crippen molar-refractivity contribution in [3.05, 3.63) is 29.3 Å². The molecule has 150 valence electrons. The van der Waals surface area contributed by atoms with E-state index in [1.54, 1.807) is 12.1 Å². The molecule has 2 N–H and O–H groups in total. The Kier molecular flexibility index (Phi) is 8.25. The van der Waals surface area contributed by atoms with Crippen molar-refractivity contribution in [3.8, 4) is 5.75 Å². The Balaban J connectivity index is 2.18. The fraction of sp³-hybridized carbons (Fsp3) is 0.619. The molecule has 0 radical (unpaired) electrons. The summed E-state index contributed by atoms with van der Waals surface area (Å²) in [7, 11) is 0. The second-order valence-electron chi connectivity index (χ2n) is 7.27. The molecule has 0 aromatic heterocycles. The number of ether oxygens (including phenoxy) is 1. The number of nitrogens with one attached hydrogen (secondary N) is 1. The minimum Gasteiger partial charge on any atom is -0.493 e. The number of aldehydes is 1. The van der Waals surface area contributed by atoms with E-state index < -0.39 is 12.3 Å². The number of rotatable bonds is 9. The van der Waals surface area contributed by atoms with Gasteiger partial charge in [-0.2, -0.15) is 0 Å². The van der Waals surface area contributed by atoms with Crippen LogP contribution in [0.1, 0.15) is 55.5 Å². The highest BCUT2D eigenvalue weighted by Gasteiger charge is 2.29. The summed E-state index contributed by atoms with van der Waals surface area (Å²) in [6.45, 7) is 7.96. The zero-order valence-electron chi connectivity index (χ0n) is 16.6. The van der Waals surface area contributed by atoms with Gasteiger partial charge in [0.1, 0.15) is 18.3 Å². The number of aliphatic hydroxyl groups excluding tert-OH is 1. The summed E-state index contributed by atoms with van der Waals surface area (Å²) in [5.74, 6) is 0.853. The summed E-state index contributed by atoms with van der Waals surface area (Å²) >= 11 is 0. The Morgan fingerprint density at radius 2 is 2.11 bits per heavy atom. The third kappa shape index (κ3) is 5.53. The van der Waals surface area contributed by atoms with E-state index in [2.05, 4.69) is 5.32 Å². The van der Waals surface area contributed by atoms with E-state index in [4.69, 9.17) is 4.74 Å². The van der Waals surface area contributed by atoms with Gasteiger partial charge in [0.15, 0.2) is 0 Å². The molecule has 27 heavy (non-hydrogen) atoms. The number of amides is 1. The molecule has 1 aromatic carbocycles. The third-order valence-corrected chi connectivity index (χ3v) is 5.18. The first-order valence-corrected chi connectivity index (χ1v) is 9.88. The lowest BCUT2D eigenvalue weighted by Gasteiger charge is -2.31. The lowest BCUT2D eigenvalue weighted by atomic mass is 9.99. The first kappa shape index (κ1) is 21.4. The van der Waals surface area contributed by atoms with Gasteiger partial charge >= 0.3 is 0 Å². The molecule has 1 heterocycles. The van der Waals surface area contributed by atoms with Gasteiger partial charge in [-0.25, -0.2) is 0 Å². The number of piperidine rings is 1. The van der Waals surface area contributed by atoms with Gasteiger partial charge in [0.25, 0.3) is 5.91 Å². The fourth-order valence-corrected chi connectivity index (χ4v) is 3.56. The second-order valence-corrected chi connectivity index (χ2v) is 7.27. The molecule has 2 unspecified atom stereocenters. The quantitative estimate of drug-likeness (QED) is 0.511. The van der Waals surface area contributed by atoms with E-state index in [1.165, 1.54) is 11.8 Å². The van der Waals surface area contributed by atoms with Crippen LogP contribution in [0.2, 0.25) is 0 Å². The first-order valence-electron chi connectivity index (χ1n) is 9.88. The Hall–Kier alpha value is -1.92. The van der Waals surface area contributed by atoms with E-state index in [9.17, 15) is 14.7 Å². The number of carbonyl (C=O) groups is 2. The molecule has 1 amide bonds. The van der Waals surface area contributed by atoms with Gasteiger partial charge in [-0.3, -0.25) is 4.79 Å². The smallest absolute Gasteiger partial charge is 0.256 e. The zero-order valence-corrected chi connectivity index (χ0v) is 16.6. The first-order chi connectivity index (χ1) is 13.0. The molecule has 1 aromatic rings. The Bertz CT molecular complexity index is 627.